The molecule has 0 bridgehead atoms. The summed E-state index contributed by atoms with van der Waals surface area (Å²) >= 11 is 5.99. The van der Waals surface area contributed by atoms with Crippen LogP contribution in [0.25, 0.3) is 0 Å². The van der Waals surface area contributed by atoms with Crippen molar-refractivity contribution in [2.45, 2.75) is 39.2 Å². The standard InChI is InChI=1S/C14H19ClO/c1-10-8-13(2,3)9-14(10,16)11-5-4-6-12(15)7-11/h4-7,10,16H,8-9H2,1-3H3. The molecule has 0 radical (unpaired) electrons. The van der Waals surface area contributed by atoms with Crippen molar-refractivity contribution in [3.63, 3.8) is 0 Å². The minimum atomic E-state index is -0.714. The van der Waals surface area contributed by atoms with Gasteiger partial charge in [0.2, 0.25) is 0 Å². The fourth-order valence-electron chi connectivity index (χ4n) is 3.12. The molecule has 0 heterocycles. The van der Waals surface area contributed by atoms with Gasteiger partial charge in [-0.15, -0.1) is 0 Å². The van der Waals surface area contributed by atoms with Crippen LogP contribution in [0.5, 0.6) is 0 Å². The number of halogens is 1. The number of hydrogen-bond donors (Lipinski definition) is 1. The molecule has 0 saturated heterocycles. The molecule has 1 aromatic carbocycles. The number of rotatable bonds is 1. The molecule has 2 heteroatoms. The van der Waals surface area contributed by atoms with Crippen LogP contribution in [0.1, 0.15) is 39.2 Å². The SMILES string of the molecule is CC1CC(C)(C)CC1(O)c1cccc(Cl)c1. The van der Waals surface area contributed by atoms with Crippen molar-refractivity contribution in [3.8, 4) is 0 Å². The van der Waals surface area contributed by atoms with Gasteiger partial charge < -0.3 is 5.11 Å². The van der Waals surface area contributed by atoms with Crippen molar-refractivity contribution >= 4 is 11.6 Å². The van der Waals surface area contributed by atoms with Crippen LogP contribution in [0, 0.1) is 11.3 Å². The molecule has 2 rings (SSSR count). The Morgan fingerprint density at radius 3 is 2.56 bits per heavy atom. The number of hydrogen-bond acceptors (Lipinski definition) is 1. The molecule has 88 valence electrons. The highest BCUT2D eigenvalue weighted by Gasteiger charge is 2.48. The first-order chi connectivity index (χ1) is 7.33. The highest BCUT2D eigenvalue weighted by atomic mass is 35.5. The van der Waals surface area contributed by atoms with E-state index in [0.717, 1.165) is 18.4 Å². The van der Waals surface area contributed by atoms with Gasteiger partial charge in [0.05, 0.1) is 5.60 Å². The summed E-state index contributed by atoms with van der Waals surface area (Å²) in [4.78, 5) is 0. The second kappa shape index (κ2) is 3.75. The minimum absolute atomic E-state index is 0.205. The summed E-state index contributed by atoms with van der Waals surface area (Å²) in [5.74, 6) is 0.279. The molecule has 1 nitrogen and oxygen atoms in total. The number of aliphatic hydroxyl groups is 1. The van der Waals surface area contributed by atoms with Crippen molar-refractivity contribution in [2.24, 2.45) is 11.3 Å². The summed E-state index contributed by atoms with van der Waals surface area (Å²) in [5, 5.41) is 11.5. The monoisotopic (exact) mass is 238 g/mol. The second-order valence-corrected chi connectivity index (χ2v) is 6.32. The zero-order valence-electron chi connectivity index (χ0n) is 10.1. The van der Waals surface area contributed by atoms with E-state index in [1.807, 2.05) is 24.3 Å². The predicted octanol–water partition coefficient (Wildman–Crippen LogP) is 3.98. The van der Waals surface area contributed by atoms with E-state index in [-0.39, 0.29) is 11.3 Å². The van der Waals surface area contributed by atoms with Crippen LogP contribution in [0.3, 0.4) is 0 Å². The average molecular weight is 239 g/mol. The molecule has 1 N–H and O–H groups in total. The minimum Gasteiger partial charge on any atom is -0.385 e. The molecular formula is C14H19ClO. The molecule has 0 aromatic heterocycles. The zero-order valence-corrected chi connectivity index (χ0v) is 10.9. The molecule has 0 spiro atoms. The number of benzene rings is 1. The first kappa shape index (κ1) is 11.9. The molecule has 0 amide bonds. The maximum Gasteiger partial charge on any atom is 0.0927 e. The third-order valence-corrected chi connectivity index (χ3v) is 3.98. The molecule has 2 unspecified atom stereocenters. The van der Waals surface area contributed by atoms with Crippen molar-refractivity contribution in [2.75, 3.05) is 0 Å². The Bertz CT molecular complexity index is 399. The molecule has 1 aliphatic carbocycles. The Morgan fingerprint density at radius 1 is 1.38 bits per heavy atom. The molecule has 1 aliphatic rings. The van der Waals surface area contributed by atoms with Gasteiger partial charge in [-0.1, -0.05) is 44.5 Å². The van der Waals surface area contributed by atoms with Crippen LogP contribution in [-0.2, 0) is 5.60 Å². The van der Waals surface area contributed by atoms with Gasteiger partial charge in [0.25, 0.3) is 0 Å². The third kappa shape index (κ3) is 1.99. The molecule has 1 aromatic rings. The fraction of sp³-hybridized carbons (Fsp3) is 0.571. The smallest absolute Gasteiger partial charge is 0.0927 e. The summed E-state index contributed by atoms with van der Waals surface area (Å²) in [6.45, 7) is 6.55. The van der Waals surface area contributed by atoms with E-state index >= 15 is 0 Å². The van der Waals surface area contributed by atoms with Crippen LogP contribution in [0.15, 0.2) is 24.3 Å². The molecule has 1 saturated carbocycles. The van der Waals surface area contributed by atoms with Crippen molar-refractivity contribution in [1.29, 1.82) is 0 Å². The van der Waals surface area contributed by atoms with Gasteiger partial charge >= 0.3 is 0 Å². The van der Waals surface area contributed by atoms with E-state index in [1.54, 1.807) is 0 Å². The van der Waals surface area contributed by atoms with Crippen LogP contribution in [-0.4, -0.2) is 5.11 Å². The normalized spacial score (nSPS) is 32.9. The van der Waals surface area contributed by atoms with E-state index in [0.29, 0.717) is 5.02 Å². The van der Waals surface area contributed by atoms with Gasteiger partial charge in [0, 0.05) is 5.02 Å². The summed E-state index contributed by atoms with van der Waals surface area (Å²) in [5.41, 5.74) is 0.448. The quantitative estimate of drug-likeness (QED) is 0.785. The first-order valence-corrected chi connectivity index (χ1v) is 6.20. The van der Waals surface area contributed by atoms with Crippen LogP contribution in [0.2, 0.25) is 5.02 Å². The topological polar surface area (TPSA) is 20.2 Å². The first-order valence-electron chi connectivity index (χ1n) is 5.82. The lowest BCUT2D eigenvalue weighted by atomic mass is 9.84. The highest BCUT2D eigenvalue weighted by Crippen LogP contribution is 2.52. The summed E-state index contributed by atoms with van der Waals surface area (Å²) in [6.07, 6.45) is 1.86. The van der Waals surface area contributed by atoms with Gasteiger partial charge in [0.1, 0.15) is 0 Å². The molecule has 1 fully saturated rings. The molecule has 0 aliphatic heterocycles. The highest BCUT2D eigenvalue weighted by molar-refractivity contribution is 6.30. The van der Waals surface area contributed by atoms with Crippen molar-refractivity contribution < 1.29 is 5.11 Å². The van der Waals surface area contributed by atoms with E-state index in [9.17, 15) is 5.11 Å². The van der Waals surface area contributed by atoms with Crippen LogP contribution in [0.4, 0.5) is 0 Å². The van der Waals surface area contributed by atoms with Crippen LogP contribution < -0.4 is 0 Å². The van der Waals surface area contributed by atoms with Gasteiger partial charge in [-0.05, 0) is 41.9 Å². The maximum atomic E-state index is 10.8. The average Bonchev–Trinajstić information content (AvgIpc) is 2.36. The largest absolute Gasteiger partial charge is 0.385 e. The van der Waals surface area contributed by atoms with E-state index < -0.39 is 5.60 Å². The Kier molecular flexibility index (Phi) is 2.80. The molecular weight excluding hydrogens is 220 g/mol. The van der Waals surface area contributed by atoms with E-state index in [4.69, 9.17) is 11.6 Å². The maximum absolute atomic E-state index is 10.8. The zero-order chi connectivity index (χ0) is 12.0. The van der Waals surface area contributed by atoms with E-state index in [1.165, 1.54) is 0 Å². The van der Waals surface area contributed by atoms with Gasteiger partial charge in [-0.3, -0.25) is 0 Å². The van der Waals surface area contributed by atoms with Crippen LogP contribution >= 0.6 is 11.6 Å². The molecule has 16 heavy (non-hydrogen) atoms. The Hall–Kier alpha value is -0.530. The van der Waals surface area contributed by atoms with Gasteiger partial charge in [-0.25, -0.2) is 0 Å². The lowest BCUT2D eigenvalue weighted by Crippen LogP contribution is -2.29. The lowest BCUT2D eigenvalue weighted by molar-refractivity contribution is -0.000834. The Balaban J connectivity index is 2.40. The van der Waals surface area contributed by atoms with Gasteiger partial charge in [-0.2, -0.15) is 0 Å². The summed E-state index contributed by atoms with van der Waals surface area (Å²) in [6, 6.07) is 7.62. The fourth-order valence-corrected chi connectivity index (χ4v) is 3.31. The van der Waals surface area contributed by atoms with Crippen molar-refractivity contribution in [3.05, 3.63) is 34.9 Å². The summed E-state index contributed by atoms with van der Waals surface area (Å²) < 4.78 is 0. The summed E-state index contributed by atoms with van der Waals surface area (Å²) in [7, 11) is 0. The Labute approximate surface area is 102 Å². The third-order valence-electron chi connectivity index (χ3n) is 3.75. The van der Waals surface area contributed by atoms with Crippen molar-refractivity contribution in [1.82, 2.24) is 0 Å². The predicted molar refractivity (Wildman–Crippen MR) is 67.5 cm³/mol. The van der Waals surface area contributed by atoms with E-state index in [2.05, 4.69) is 20.8 Å². The lowest BCUT2D eigenvalue weighted by Gasteiger charge is -2.29. The second-order valence-electron chi connectivity index (χ2n) is 5.88. The Morgan fingerprint density at radius 2 is 2.06 bits per heavy atom. The van der Waals surface area contributed by atoms with Gasteiger partial charge in [0.15, 0.2) is 0 Å². The molecule has 2 atom stereocenters.